The zero-order valence-electron chi connectivity index (χ0n) is 20.3. The van der Waals surface area contributed by atoms with Crippen LogP contribution in [0.2, 0.25) is 0 Å². The van der Waals surface area contributed by atoms with Crippen molar-refractivity contribution in [3.05, 3.63) is 0 Å². The summed E-state index contributed by atoms with van der Waals surface area (Å²) in [4.78, 5) is 23.3. The van der Waals surface area contributed by atoms with Gasteiger partial charge < -0.3 is 5.32 Å². The summed E-state index contributed by atoms with van der Waals surface area (Å²) in [6, 6.07) is -0.545. The SMILES string of the molecule is CCCCCCCCCCCCCCCCCCNC(=O)NC1=NN(CC(F)(F)F)C(=O)C1. The molecule has 0 unspecified atom stereocenters. The molecule has 2 N–H and O–H groups in total. The van der Waals surface area contributed by atoms with Gasteiger partial charge >= 0.3 is 12.2 Å². The molecule has 9 heteroatoms. The van der Waals surface area contributed by atoms with E-state index in [1.807, 2.05) is 0 Å². The van der Waals surface area contributed by atoms with Gasteiger partial charge in [-0.1, -0.05) is 103 Å². The predicted molar refractivity (Wildman–Crippen MR) is 126 cm³/mol. The number of halogens is 3. The molecule has 0 aliphatic carbocycles. The Bertz CT molecular complexity index is 583. The summed E-state index contributed by atoms with van der Waals surface area (Å²) < 4.78 is 37.1. The molecule has 0 atom stereocenters. The summed E-state index contributed by atoms with van der Waals surface area (Å²) in [5, 5.41) is 8.87. The van der Waals surface area contributed by atoms with Crippen molar-refractivity contribution < 1.29 is 22.8 Å². The first kappa shape index (κ1) is 29.2. The van der Waals surface area contributed by atoms with Crippen LogP contribution in [0.1, 0.15) is 116 Å². The molecule has 0 saturated carbocycles. The zero-order chi connectivity index (χ0) is 24.4. The Morgan fingerprint density at radius 3 is 1.76 bits per heavy atom. The first-order chi connectivity index (χ1) is 15.8. The highest BCUT2D eigenvalue weighted by molar-refractivity contribution is 6.09. The number of alkyl halides is 3. The average molecular weight is 477 g/mol. The van der Waals surface area contributed by atoms with Crippen LogP contribution in [0.15, 0.2) is 5.10 Å². The lowest BCUT2D eigenvalue weighted by molar-refractivity contribution is -0.159. The molecule has 0 fully saturated rings. The molecule has 0 bridgehead atoms. The summed E-state index contributed by atoms with van der Waals surface area (Å²) in [7, 11) is 0. The van der Waals surface area contributed by atoms with Gasteiger partial charge in [0.2, 0.25) is 0 Å². The van der Waals surface area contributed by atoms with Crippen LogP contribution in [-0.2, 0) is 4.79 Å². The minimum Gasteiger partial charge on any atom is -0.338 e. The van der Waals surface area contributed by atoms with Crippen LogP contribution in [0.4, 0.5) is 18.0 Å². The van der Waals surface area contributed by atoms with Crippen LogP contribution >= 0.6 is 0 Å². The summed E-state index contributed by atoms with van der Waals surface area (Å²) in [5.41, 5.74) is 0. The van der Waals surface area contributed by atoms with Gasteiger partial charge in [0.15, 0.2) is 0 Å². The highest BCUT2D eigenvalue weighted by Crippen LogP contribution is 2.19. The van der Waals surface area contributed by atoms with E-state index in [0.29, 0.717) is 11.6 Å². The van der Waals surface area contributed by atoms with Crippen molar-refractivity contribution in [1.82, 2.24) is 15.6 Å². The van der Waals surface area contributed by atoms with Crippen LogP contribution in [0, 0.1) is 0 Å². The second kappa shape index (κ2) is 17.6. The lowest BCUT2D eigenvalue weighted by Crippen LogP contribution is -2.39. The minimum atomic E-state index is -4.52. The van der Waals surface area contributed by atoms with Crippen molar-refractivity contribution in [2.45, 2.75) is 122 Å². The van der Waals surface area contributed by atoms with Crippen molar-refractivity contribution in [3.63, 3.8) is 0 Å². The van der Waals surface area contributed by atoms with E-state index in [1.165, 1.54) is 83.5 Å². The third kappa shape index (κ3) is 16.5. The number of nitrogens with zero attached hydrogens (tertiary/aromatic N) is 2. The topological polar surface area (TPSA) is 73.8 Å². The smallest absolute Gasteiger partial charge is 0.338 e. The van der Waals surface area contributed by atoms with E-state index in [2.05, 4.69) is 22.7 Å². The van der Waals surface area contributed by atoms with E-state index >= 15 is 0 Å². The molecular formula is C24H43F3N4O2. The van der Waals surface area contributed by atoms with Gasteiger partial charge in [-0.3, -0.25) is 10.1 Å². The highest BCUT2D eigenvalue weighted by atomic mass is 19.4. The Hall–Kier alpha value is -1.80. The van der Waals surface area contributed by atoms with Gasteiger partial charge in [-0.05, 0) is 6.42 Å². The van der Waals surface area contributed by atoms with Crippen LogP contribution in [-0.4, -0.2) is 42.0 Å². The molecular weight excluding hydrogens is 433 g/mol. The van der Waals surface area contributed by atoms with E-state index in [0.717, 1.165) is 19.3 Å². The first-order valence-electron chi connectivity index (χ1n) is 12.8. The number of nitrogens with one attached hydrogen (secondary N) is 2. The van der Waals surface area contributed by atoms with Crippen LogP contribution in [0.25, 0.3) is 0 Å². The Morgan fingerprint density at radius 2 is 1.30 bits per heavy atom. The molecule has 3 amide bonds. The standard InChI is InChI=1S/C24H43F3N4O2/c1-2-3-4-5-6-7-8-9-10-11-12-13-14-15-16-17-18-28-23(33)29-21-19-22(32)31(30-21)20-24(25,26)27/h2-20H2,1H3,(H2,28,29,30,33). The predicted octanol–water partition coefficient (Wildman–Crippen LogP) is 6.66. The fourth-order valence-electron chi connectivity index (χ4n) is 3.88. The molecule has 6 nitrogen and oxygen atoms in total. The lowest BCUT2D eigenvalue weighted by atomic mass is 10.0. The maximum Gasteiger partial charge on any atom is 0.408 e. The molecule has 0 aromatic carbocycles. The molecule has 1 heterocycles. The molecule has 192 valence electrons. The summed E-state index contributed by atoms with van der Waals surface area (Å²) in [6.45, 7) is 1.29. The third-order valence-electron chi connectivity index (χ3n) is 5.75. The van der Waals surface area contributed by atoms with Crippen molar-refractivity contribution in [2.24, 2.45) is 5.10 Å². The third-order valence-corrected chi connectivity index (χ3v) is 5.75. The Labute approximate surface area is 197 Å². The van der Waals surface area contributed by atoms with Gasteiger partial charge in [0, 0.05) is 6.54 Å². The molecule has 0 saturated heterocycles. The zero-order valence-corrected chi connectivity index (χ0v) is 20.3. The number of hydrogen-bond donors (Lipinski definition) is 2. The lowest BCUT2D eigenvalue weighted by Gasteiger charge is -2.13. The van der Waals surface area contributed by atoms with Crippen LogP contribution in [0.5, 0.6) is 0 Å². The average Bonchev–Trinajstić information content (AvgIpc) is 3.07. The van der Waals surface area contributed by atoms with Crippen LogP contribution < -0.4 is 10.6 Å². The molecule has 0 radical (unpaired) electrons. The molecule has 33 heavy (non-hydrogen) atoms. The molecule has 1 aliphatic rings. The Morgan fingerprint density at radius 1 is 0.848 bits per heavy atom. The summed E-state index contributed by atoms with van der Waals surface area (Å²) >= 11 is 0. The molecule has 0 spiro atoms. The normalized spacial score (nSPS) is 14.0. The first-order valence-corrected chi connectivity index (χ1v) is 12.8. The largest absolute Gasteiger partial charge is 0.408 e. The maximum atomic E-state index is 12.4. The number of carbonyl (C=O) groups is 2. The number of hydrogen-bond acceptors (Lipinski definition) is 3. The minimum absolute atomic E-state index is 0.0614. The van der Waals surface area contributed by atoms with Gasteiger partial charge in [-0.15, -0.1) is 0 Å². The molecule has 0 aromatic heterocycles. The Kier molecular flexibility index (Phi) is 15.6. The molecule has 1 rings (SSSR count). The molecule has 0 aromatic rings. The van der Waals surface area contributed by atoms with Crippen molar-refractivity contribution >= 4 is 17.8 Å². The second-order valence-corrected chi connectivity index (χ2v) is 8.97. The number of amides is 3. The second-order valence-electron chi connectivity index (χ2n) is 8.97. The number of rotatable bonds is 18. The quantitative estimate of drug-likeness (QED) is 0.217. The van der Waals surface area contributed by atoms with E-state index in [-0.39, 0.29) is 12.3 Å². The summed E-state index contributed by atoms with van der Waals surface area (Å²) in [6.07, 6.45) is 15.6. The Balaban J connectivity index is 1.89. The van der Waals surface area contributed by atoms with E-state index < -0.39 is 24.7 Å². The number of amidine groups is 1. The number of hydrazone groups is 1. The maximum absolute atomic E-state index is 12.4. The van der Waals surface area contributed by atoms with Gasteiger partial charge in [0.25, 0.3) is 5.91 Å². The highest BCUT2D eigenvalue weighted by Gasteiger charge is 2.36. The van der Waals surface area contributed by atoms with E-state index in [4.69, 9.17) is 0 Å². The number of urea groups is 1. The van der Waals surface area contributed by atoms with Crippen molar-refractivity contribution in [3.8, 4) is 0 Å². The monoisotopic (exact) mass is 476 g/mol. The van der Waals surface area contributed by atoms with Gasteiger partial charge in [0.1, 0.15) is 12.4 Å². The molecule has 1 aliphatic heterocycles. The summed E-state index contributed by atoms with van der Waals surface area (Å²) in [5.74, 6) is -0.839. The van der Waals surface area contributed by atoms with Crippen LogP contribution in [0.3, 0.4) is 0 Å². The van der Waals surface area contributed by atoms with Crippen molar-refractivity contribution in [1.29, 1.82) is 0 Å². The van der Waals surface area contributed by atoms with Gasteiger partial charge in [0.05, 0.1) is 6.42 Å². The number of carbonyl (C=O) groups excluding carboxylic acids is 2. The van der Waals surface area contributed by atoms with E-state index in [9.17, 15) is 22.8 Å². The fourth-order valence-corrected chi connectivity index (χ4v) is 3.88. The van der Waals surface area contributed by atoms with Crippen molar-refractivity contribution in [2.75, 3.05) is 13.1 Å². The number of unbranched alkanes of at least 4 members (excludes halogenated alkanes) is 15. The van der Waals surface area contributed by atoms with Gasteiger partial charge in [-0.25, -0.2) is 9.80 Å². The fraction of sp³-hybridized carbons (Fsp3) is 0.875. The van der Waals surface area contributed by atoms with E-state index in [1.54, 1.807) is 0 Å². The van der Waals surface area contributed by atoms with Gasteiger partial charge in [-0.2, -0.15) is 18.3 Å².